The molecule has 0 aliphatic carbocycles. The second-order valence-corrected chi connectivity index (χ2v) is 5.80. The molecule has 23 heavy (non-hydrogen) atoms. The summed E-state index contributed by atoms with van der Waals surface area (Å²) < 4.78 is 0. The summed E-state index contributed by atoms with van der Waals surface area (Å²) in [5, 5.41) is 8.85. The number of benzene rings is 1. The highest BCUT2D eigenvalue weighted by atomic mass is 35.5. The Morgan fingerprint density at radius 1 is 1.26 bits per heavy atom. The van der Waals surface area contributed by atoms with Gasteiger partial charge in [-0.15, -0.1) is 12.4 Å². The third-order valence-electron chi connectivity index (χ3n) is 3.99. The molecule has 1 atom stereocenters. The van der Waals surface area contributed by atoms with Gasteiger partial charge in [0.15, 0.2) is 0 Å². The van der Waals surface area contributed by atoms with Crippen LogP contribution in [-0.4, -0.2) is 25.0 Å². The third kappa shape index (κ3) is 6.46. The normalized spacial score (nSPS) is 16.0. The Balaban J connectivity index is 0.00000264. The largest absolute Gasteiger partial charge is 0.351 e. The van der Waals surface area contributed by atoms with Crippen LogP contribution in [0.15, 0.2) is 24.3 Å². The highest BCUT2D eigenvalue weighted by molar-refractivity contribution is 5.87. The van der Waals surface area contributed by atoms with Crippen LogP contribution in [0.3, 0.4) is 0 Å². The monoisotopic (exact) mass is 340 g/mol. The molecule has 3 amide bonds. The fraction of sp³-hybridized carbons (Fsp3) is 0.500. The lowest BCUT2D eigenvalue weighted by molar-refractivity contribution is -0.122. The molecule has 5 N–H and O–H groups in total. The van der Waals surface area contributed by atoms with E-state index in [0.717, 1.165) is 31.5 Å². The van der Waals surface area contributed by atoms with Gasteiger partial charge in [-0.3, -0.25) is 4.79 Å². The Morgan fingerprint density at radius 2 is 1.87 bits per heavy atom. The second kappa shape index (κ2) is 9.37. The molecule has 0 aromatic heterocycles. The van der Waals surface area contributed by atoms with Gasteiger partial charge in [0.1, 0.15) is 0 Å². The lowest BCUT2D eigenvalue weighted by atomic mass is 9.94. The molecule has 1 fully saturated rings. The minimum atomic E-state index is -0.587. The zero-order valence-electron chi connectivity index (χ0n) is 13.3. The maximum atomic E-state index is 12.1. The van der Waals surface area contributed by atoms with Crippen molar-refractivity contribution in [3.8, 4) is 0 Å². The number of nitrogens with two attached hydrogens (primary N) is 1. The Hall–Kier alpha value is -1.79. The van der Waals surface area contributed by atoms with Gasteiger partial charge in [0, 0.05) is 12.1 Å². The fourth-order valence-corrected chi connectivity index (χ4v) is 2.73. The number of anilines is 1. The Kier molecular flexibility index (Phi) is 7.85. The molecule has 1 aromatic rings. The summed E-state index contributed by atoms with van der Waals surface area (Å²) in [6.07, 6.45) is 2.72. The minimum Gasteiger partial charge on any atom is -0.351 e. The second-order valence-electron chi connectivity index (χ2n) is 5.80. The maximum Gasteiger partial charge on any atom is 0.316 e. The average molecular weight is 341 g/mol. The highest BCUT2D eigenvalue weighted by Gasteiger charge is 2.18. The predicted octanol–water partition coefficient (Wildman–Crippen LogP) is 2.17. The molecule has 2 rings (SSSR count). The van der Waals surface area contributed by atoms with E-state index in [1.807, 2.05) is 19.1 Å². The van der Waals surface area contributed by atoms with Crippen LogP contribution in [0.5, 0.6) is 0 Å². The fourth-order valence-electron chi connectivity index (χ4n) is 2.73. The van der Waals surface area contributed by atoms with E-state index in [2.05, 4.69) is 16.0 Å². The molecule has 1 saturated heterocycles. The average Bonchev–Trinajstić information content (AvgIpc) is 2.48. The Labute approximate surface area is 143 Å². The quantitative estimate of drug-likeness (QED) is 0.661. The summed E-state index contributed by atoms with van der Waals surface area (Å²) in [6.45, 7) is 3.96. The number of nitrogens with one attached hydrogen (secondary N) is 3. The number of amides is 3. The van der Waals surface area contributed by atoms with E-state index in [9.17, 15) is 9.59 Å². The van der Waals surface area contributed by atoms with Crippen molar-refractivity contribution >= 4 is 30.0 Å². The van der Waals surface area contributed by atoms with Crippen LogP contribution in [0, 0.1) is 5.92 Å². The topological polar surface area (TPSA) is 96.2 Å². The molecule has 1 aromatic carbocycles. The molecule has 6 nitrogen and oxygen atoms in total. The van der Waals surface area contributed by atoms with E-state index >= 15 is 0 Å². The number of rotatable bonds is 5. The van der Waals surface area contributed by atoms with Crippen molar-refractivity contribution in [3.63, 3.8) is 0 Å². The van der Waals surface area contributed by atoms with Crippen molar-refractivity contribution in [1.29, 1.82) is 0 Å². The smallest absolute Gasteiger partial charge is 0.316 e. The minimum absolute atomic E-state index is 0. The molecule has 0 radical (unpaired) electrons. The van der Waals surface area contributed by atoms with Crippen LogP contribution < -0.4 is 21.7 Å². The molecule has 0 saturated carbocycles. The lowest BCUT2D eigenvalue weighted by Crippen LogP contribution is -2.33. The lowest BCUT2D eigenvalue weighted by Gasteiger charge is -2.23. The van der Waals surface area contributed by atoms with Gasteiger partial charge in [0.2, 0.25) is 5.91 Å². The summed E-state index contributed by atoms with van der Waals surface area (Å²) in [6, 6.07) is 6.65. The standard InChI is InChI=1S/C16H24N4O2.ClH/c1-11(13-2-4-14(5-3-13)20-16(17)22)19-15(21)10-12-6-8-18-9-7-12;/h2-5,11-12,18H,6-10H2,1H3,(H,19,21)(H3,17,20,22);1H. The third-order valence-corrected chi connectivity index (χ3v) is 3.99. The molecule has 0 bridgehead atoms. The van der Waals surface area contributed by atoms with Crippen molar-refractivity contribution in [2.75, 3.05) is 18.4 Å². The van der Waals surface area contributed by atoms with Crippen molar-refractivity contribution in [2.45, 2.75) is 32.2 Å². The summed E-state index contributed by atoms with van der Waals surface area (Å²) >= 11 is 0. The van der Waals surface area contributed by atoms with E-state index in [0.29, 0.717) is 18.0 Å². The van der Waals surface area contributed by atoms with E-state index in [-0.39, 0.29) is 24.4 Å². The maximum absolute atomic E-state index is 12.1. The first-order valence-electron chi connectivity index (χ1n) is 7.71. The zero-order chi connectivity index (χ0) is 15.9. The molecule has 7 heteroatoms. The Bertz CT molecular complexity index is 515. The van der Waals surface area contributed by atoms with Crippen LogP contribution in [-0.2, 0) is 4.79 Å². The van der Waals surface area contributed by atoms with Crippen molar-refractivity contribution in [1.82, 2.24) is 10.6 Å². The molecular weight excluding hydrogens is 316 g/mol. The van der Waals surface area contributed by atoms with E-state index in [1.165, 1.54) is 0 Å². The number of piperidine rings is 1. The number of hydrogen-bond acceptors (Lipinski definition) is 3. The molecular formula is C16H25ClN4O2. The first-order chi connectivity index (χ1) is 10.5. The molecule has 0 spiro atoms. The van der Waals surface area contributed by atoms with Crippen LogP contribution in [0.2, 0.25) is 0 Å². The van der Waals surface area contributed by atoms with Gasteiger partial charge < -0.3 is 21.7 Å². The molecule has 1 aliphatic heterocycles. The number of urea groups is 1. The van der Waals surface area contributed by atoms with Gasteiger partial charge in [0.25, 0.3) is 0 Å². The number of hydrogen-bond donors (Lipinski definition) is 4. The van der Waals surface area contributed by atoms with Crippen molar-refractivity contribution < 1.29 is 9.59 Å². The number of carbonyl (C=O) groups is 2. The van der Waals surface area contributed by atoms with E-state index in [4.69, 9.17) is 5.73 Å². The predicted molar refractivity (Wildman–Crippen MR) is 93.7 cm³/mol. The van der Waals surface area contributed by atoms with Crippen LogP contribution in [0.1, 0.15) is 37.8 Å². The number of halogens is 1. The van der Waals surface area contributed by atoms with E-state index in [1.54, 1.807) is 12.1 Å². The van der Waals surface area contributed by atoms with Gasteiger partial charge in [-0.1, -0.05) is 12.1 Å². The summed E-state index contributed by atoms with van der Waals surface area (Å²) in [5.41, 5.74) is 6.70. The molecule has 1 aliphatic rings. The van der Waals surface area contributed by atoms with Gasteiger partial charge in [-0.2, -0.15) is 0 Å². The highest BCUT2D eigenvalue weighted by Crippen LogP contribution is 2.19. The Morgan fingerprint density at radius 3 is 2.43 bits per heavy atom. The van der Waals surface area contributed by atoms with Gasteiger partial charge in [-0.25, -0.2) is 4.79 Å². The SMILES string of the molecule is CC(NC(=O)CC1CCNCC1)c1ccc(NC(N)=O)cc1.Cl. The van der Waals surface area contributed by atoms with Crippen LogP contribution in [0.25, 0.3) is 0 Å². The number of carbonyl (C=O) groups excluding carboxylic acids is 2. The van der Waals surface area contributed by atoms with Gasteiger partial charge >= 0.3 is 6.03 Å². The summed E-state index contributed by atoms with van der Waals surface area (Å²) in [4.78, 5) is 22.9. The van der Waals surface area contributed by atoms with Gasteiger partial charge in [-0.05, 0) is 56.5 Å². The molecule has 128 valence electrons. The van der Waals surface area contributed by atoms with Gasteiger partial charge in [0.05, 0.1) is 6.04 Å². The first kappa shape index (κ1) is 19.3. The summed E-state index contributed by atoms with van der Waals surface area (Å²) in [7, 11) is 0. The number of primary amides is 1. The van der Waals surface area contributed by atoms with Crippen LogP contribution >= 0.6 is 12.4 Å². The summed E-state index contributed by atoms with van der Waals surface area (Å²) in [5.74, 6) is 0.578. The van der Waals surface area contributed by atoms with Crippen molar-refractivity contribution in [2.24, 2.45) is 11.7 Å². The van der Waals surface area contributed by atoms with Crippen molar-refractivity contribution in [3.05, 3.63) is 29.8 Å². The zero-order valence-corrected chi connectivity index (χ0v) is 14.1. The molecule has 1 unspecified atom stereocenters. The molecule has 1 heterocycles. The first-order valence-corrected chi connectivity index (χ1v) is 7.71. The van der Waals surface area contributed by atoms with E-state index < -0.39 is 6.03 Å². The van der Waals surface area contributed by atoms with Crippen LogP contribution in [0.4, 0.5) is 10.5 Å².